The van der Waals surface area contributed by atoms with Gasteiger partial charge in [-0.15, -0.1) is 0 Å². The van der Waals surface area contributed by atoms with Crippen LogP contribution in [0.15, 0.2) is 22.8 Å². The number of nitrogens with zero attached hydrogens (tertiary/aromatic N) is 1. The van der Waals surface area contributed by atoms with Crippen LogP contribution < -0.4 is 5.32 Å². The predicted octanol–water partition coefficient (Wildman–Crippen LogP) is 2.27. The fraction of sp³-hybridized carbons (Fsp3) is 0.667. The highest BCUT2D eigenvalue weighted by atomic mass is 16.3. The van der Waals surface area contributed by atoms with Crippen molar-refractivity contribution in [2.75, 3.05) is 26.7 Å². The van der Waals surface area contributed by atoms with Gasteiger partial charge in [-0.2, -0.15) is 0 Å². The van der Waals surface area contributed by atoms with E-state index in [2.05, 4.69) is 24.1 Å². The maximum Gasteiger partial charge on any atom is 0.120 e. The summed E-state index contributed by atoms with van der Waals surface area (Å²) >= 11 is 0. The van der Waals surface area contributed by atoms with Crippen molar-refractivity contribution < 1.29 is 4.42 Å². The summed E-state index contributed by atoms with van der Waals surface area (Å²) in [5.41, 5.74) is 0. The van der Waals surface area contributed by atoms with E-state index in [1.54, 1.807) is 6.26 Å². The molecule has 0 amide bonds. The number of hydrogen-bond acceptors (Lipinski definition) is 3. The first kappa shape index (κ1) is 12.3. The standard InChI is InChI=1S/C12H22N2O/c1-4-14(5-2)9-8-11(13-3)12-7-6-10-15-12/h6-7,10-11,13H,4-5,8-9H2,1-3H3. The Bertz CT molecular complexity index is 242. The van der Waals surface area contributed by atoms with Gasteiger partial charge in [0.05, 0.1) is 12.3 Å². The lowest BCUT2D eigenvalue weighted by Gasteiger charge is -2.21. The number of rotatable bonds is 7. The summed E-state index contributed by atoms with van der Waals surface area (Å²) in [6.07, 6.45) is 2.82. The molecule has 1 aromatic rings. The first-order valence-corrected chi connectivity index (χ1v) is 5.74. The number of nitrogens with one attached hydrogen (secondary N) is 1. The monoisotopic (exact) mass is 210 g/mol. The van der Waals surface area contributed by atoms with Crippen LogP contribution in [-0.4, -0.2) is 31.6 Å². The van der Waals surface area contributed by atoms with Crippen LogP contribution >= 0.6 is 0 Å². The Kier molecular flexibility index (Phi) is 5.43. The molecule has 0 aromatic carbocycles. The molecule has 0 spiro atoms. The highest BCUT2D eigenvalue weighted by Gasteiger charge is 2.12. The fourth-order valence-corrected chi connectivity index (χ4v) is 1.77. The molecule has 1 aromatic heterocycles. The molecule has 1 heterocycles. The van der Waals surface area contributed by atoms with E-state index in [0.29, 0.717) is 6.04 Å². The molecule has 15 heavy (non-hydrogen) atoms. The lowest BCUT2D eigenvalue weighted by Crippen LogP contribution is -2.28. The number of hydrogen-bond donors (Lipinski definition) is 1. The molecule has 3 heteroatoms. The average Bonchev–Trinajstić information content (AvgIpc) is 2.78. The Hall–Kier alpha value is -0.800. The van der Waals surface area contributed by atoms with Crippen molar-refractivity contribution in [3.8, 4) is 0 Å². The van der Waals surface area contributed by atoms with Gasteiger partial charge in [-0.1, -0.05) is 13.8 Å². The Balaban J connectivity index is 2.41. The molecule has 0 aliphatic heterocycles. The first-order chi connectivity index (χ1) is 7.31. The van der Waals surface area contributed by atoms with E-state index in [0.717, 1.165) is 31.8 Å². The summed E-state index contributed by atoms with van der Waals surface area (Å²) in [4.78, 5) is 2.42. The van der Waals surface area contributed by atoms with Gasteiger partial charge in [-0.3, -0.25) is 0 Å². The van der Waals surface area contributed by atoms with Crippen LogP contribution in [0, 0.1) is 0 Å². The van der Waals surface area contributed by atoms with E-state index in [9.17, 15) is 0 Å². The Morgan fingerprint density at radius 2 is 2.13 bits per heavy atom. The fourth-order valence-electron chi connectivity index (χ4n) is 1.77. The third-order valence-electron chi connectivity index (χ3n) is 2.86. The molecule has 0 saturated carbocycles. The molecule has 1 rings (SSSR count). The minimum Gasteiger partial charge on any atom is -0.468 e. The summed E-state index contributed by atoms with van der Waals surface area (Å²) in [7, 11) is 1.98. The van der Waals surface area contributed by atoms with Crippen molar-refractivity contribution in [1.29, 1.82) is 0 Å². The van der Waals surface area contributed by atoms with Crippen LogP contribution in [0.3, 0.4) is 0 Å². The zero-order valence-corrected chi connectivity index (χ0v) is 9.99. The molecule has 0 aliphatic carbocycles. The van der Waals surface area contributed by atoms with Crippen molar-refractivity contribution in [2.45, 2.75) is 26.3 Å². The quantitative estimate of drug-likeness (QED) is 0.748. The smallest absolute Gasteiger partial charge is 0.120 e. The molecule has 0 aliphatic rings. The van der Waals surface area contributed by atoms with Gasteiger partial charge in [-0.25, -0.2) is 0 Å². The average molecular weight is 210 g/mol. The van der Waals surface area contributed by atoms with Gasteiger partial charge in [0.2, 0.25) is 0 Å². The van der Waals surface area contributed by atoms with E-state index < -0.39 is 0 Å². The van der Waals surface area contributed by atoms with Gasteiger partial charge < -0.3 is 14.6 Å². The SMILES string of the molecule is CCN(CC)CCC(NC)c1ccco1. The van der Waals surface area contributed by atoms with Gasteiger partial charge in [0.15, 0.2) is 0 Å². The van der Waals surface area contributed by atoms with Gasteiger partial charge in [-0.05, 0) is 38.7 Å². The lowest BCUT2D eigenvalue weighted by molar-refractivity contribution is 0.275. The zero-order chi connectivity index (χ0) is 11.1. The van der Waals surface area contributed by atoms with Crippen LogP contribution in [0.25, 0.3) is 0 Å². The summed E-state index contributed by atoms with van der Waals surface area (Å²) in [6, 6.07) is 4.31. The van der Waals surface area contributed by atoms with Crippen molar-refractivity contribution in [3.63, 3.8) is 0 Å². The Morgan fingerprint density at radius 3 is 2.60 bits per heavy atom. The van der Waals surface area contributed by atoms with E-state index in [1.807, 2.05) is 19.2 Å². The largest absolute Gasteiger partial charge is 0.468 e. The van der Waals surface area contributed by atoms with Gasteiger partial charge >= 0.3 is 0 Å². The topological polar surface area (TPSA) is 28.4 Å². The molecule has 1 atom stereocenters. The minimum absolute atomic E-state index is 0.334. The molecule has 3 nitrogen and oxygen atoms in total. The molecule has 0 bridgehead atoms. The molecular weight excluding hydrogens is 188 g/mol. The first-order valence-electron chi connectivity index (χ1n) is 5.74. The van der Waals surface area contributed by atoms with E-state index in [-0.39, 0.29) is 0 Å². The normalized spacial score (nSPS) is 13.3. The molecule has 0 fully saturated rings. The molecule has 1 unspecified atom stereocenters. The van der Waals surface area contributed by atoms with Crippen molar-refractivity contribution in [1.82, 2.24) is 10.2 Å². The van der Waals surface area contributed by atoms with E-state index >= 15 is 0 Å². The number of furan rings is 1. The van der Waals surface area contributed by atoms with Gasteiger partial charge in [0.1, 0.15) is 5.76 Å². The zero-order valence-electron chi connectivity index (χ0n) is 9.99. The van der Waals surface area contributed by atoms with E-state index in [1.165, 1.54) is 0 Å². The summed E-state index contributed by atoms with van der Waals surface area (Å²) in [6.45, 7) is 7.74. The summed E-state index contributed by atoms with van der Waals surface area (Å²) in [5.74, 6) is 1.03. The molecule has 0 saturated heterocycles. The van der Waals surface area contributed by atoms with Crippen LogP contribution in [0.2, 0.25) is 0 Å². The molecular formula is C12H22N2O. The molecule has 1 N–H and O–H groups in total. The highest BCUT2D eigenvalue weighted by Crippen LogP contribution is 2.16. The van der Waals surface area contributed by atoms with Gasteiger partial charge in [0, 0.05) is 6.54 Å². The second kappa shape index (κ2) is 6.64. The maximum atomic E-state index is 5.41. The third-order valence-corrected chi connectivity index (χ3v) is 2.86. The highest BCUT2D eigenvalue weighted by molar-refractivity contribution is 5.04. The predicted molar refractivity (Wildman–Crippen MR) is 62.9 cm³/mol. The van der Waals surface area contributed by atoms with Crippen molar-refractivity contribution in [2.24, 2.45) is 0 Å². The van der Waals surface area contributed by atoms with Crippen molar-refractivity contribution >= 4 is 0 Å². The Labute approximate surface area is 92.5 Å². The van der Waals surface area contributed by atoms with Crippen LogP contribution in [-0.2, 0) is 0 Å². The maximum absolute atomic E-state index is 5.41. The second-order valence-electron chi connectivity index (χ2n) is 3.67. The Morgan fingerprint density at radius 1 is 1.40 bits per heavy atom. The summed E-state index contributed by atoms with van der Waals surface area (Å²) in [5, 5.41) is 3.29. The van der Waals surface area contributed by atoms with Crippen LogP contribution in [0.4, 0.5) is 0 Å². The molecule has 86 valence electrons. The second-order valence-corrected chi connectivity index (χ2v) is 3.67. The third kappa shape index (κ3) is 3.68. The van der Waals surface area contributed by atoms with E-state index in [4.69, 9.17) is 4.42 Å². The summed E-state index contributed by atoms with van der Waals surface area (Å²) < 4.78 is 5.41. The van der Waals surface area contributed by atoms with Crippen LogP contribution in [0.1, 0.15) is 32.1 Å². The van der Waals surface area contributed by atoms with Gasteiger partial charge in [0.25, 0.3) is 0 Å². The molecule has 0 radical (unpaired) electrons. The minimum atomic E-state index is 0.334. The van der Waals surface area contributed by atoms with Crippen LogP contribution in [0.5, 0.6) is 0 Å². The van der Waals surface area contributed by atoms with Crippen molar-refractivity contribution in [3.05, 3.63) is 24.2 Å². The lowest BCUT2D eigenvalue weighted by atomic mass is 10.1.